The first-order valence-corrected chi connectivity index (χ1v) is 8.93. The van der Waals surface area contributed by atoms with E-state index in [1.165, 1.54) is 5.56 Å². The first kappa shape index (κ1) is 17.2. The number of halogens is 1. The normalized spacial score (nSPS) is 12.4. The van der Waals surface area contributed by atoms with Gasteiger partial charge < -0.3 is 11.1 Å². The van der Waals surface area contributed by atoms with E-state index >= 15 is 0 Å². The molecule has 3 nitrogen and oxygen atoms in total. The smallest absolute Gasteiger partial charge is 0.225 e. The number of carbonyl (C=O) groups excluding carboxylic acids is 1. The standard InChI is InChI=1S/C17H21BrN2OS/c1-11(2)12-3-5-13(6-4-12)15(19)10-20-17(21)9-14-7-8-16(18)22-14/h3-8,11,15H,9-10,19H2,1-2H3,(H,20,21). The van der Waals surface area contributed by atoms with E-state index in [9.17, 15) is 4.79 Å². The number of nitrogens with one attached hydrogen (secondary N) is 1. The Hall–Kier alpha value is -1.17. The second-order valence-electron chi connectivity index (χ2n) is 5.61. The summed E-state index contributed by atoms with van der Waals surface area (Å²) in [5, 5.41) is 2.90. The van der Waals surface area contributed by atoms with Crippen molar-refractivity contribution in [2.45, 2.75) is 32.2 Å². The van der Waals surface area contributed by atoms with Crippen molar-refractivity contribution in [3.63, 3.8) is 0 Å². The van der Waals surface area contributed by atoms with Crippen molar-refractivity contribution in [1.29, 1.82) is 0 Å². The quantitative estimate of drug-likeness (QED) is 0.795. The number of amides is 1. The van der Waals surface area contributed by atoms with Gasteiger partial charge in [0.1, 0.15) is 0 Å². The molecule has 0 bridgehead atoms. The number of benzene rings is 1. The Labute approximate surface area is 144 Å². The highest BCUT2D eigenvalue weighted by molar-refractivity contribution is 9.11. The van der Waals surface area contributed by atoms with Gasteiger partial charge in [0.2, 0.25) is 5.91 Å². The van der Waals surface area contributed by atoms with Crippen LogP contribution in [0.4, 0.5) is 0 Å². The van der Waals surface area contributed by atoms with E-state index < -0.39 is 0 Å². The molecule has 5 heteroatoms. The maximum Gasteiger partial charge on any atom is 0.225 e. The molecule has 0 aliphatic carbocycles. The van der Waals surface area contributed by atoms with Gasteiger partial charge in [-0.05, 0) is 45.1 Å². The third-order valence-electron chi connectivity index (χ3n) is 3.51. The molecule has 0 aliphatic rings. The predicted molar refractivity (Wildman–Crippen MR) is 96.2 cm³/mol. The highest BCUT2D eigenvalue weighted by Gasteiger charge is 2.10. The van der Waals surface area contributed by atoms with Crippen molar-refractivity contribution < 1.29 is 4.79 Å². The molecule has 0 saturated carbocycles. The molecule has 2 rings (SSSR count). The van der Waals surface area contributed by atoms with Crippen LogP contribution in [0.3, 0.4) is 0 Å². The lowest BCUT2D eigenvalue weighted by molar-refractivity contribution is -0.120. The van der Waals surface area contributed by atoms with Gasteiger partial charge >= 0.3 is 0 Å². The maximum atomic E-state index is 11.9. The van der Waals surface area contributed by atoms with Gasteiger partial charge in [-0.15, -0.1) is 11.3 Å². The summed E-state index contributed by atoms with van der Waals surface area (Å²) in [7, 11) is 0. The third-order valence-corrected chi connectivity index (χ3v) is 5.14. The number of carbonyl (C=O) groups is 1. The molecule has 1 heterocycles. The first-order chi connectivity index (χ1) is 10.5. The molecule has 0 spiro atoms. The van der Waals surface area contributed by atoms with Gasteiger partial charge in [-0.1, -0.05) is 38.1 Å². The summed E-state index contributed by atoms with van der Waals surface area (Å²) >= 11 is 4.97. The fourth-order valence-electron chi connectivity index (χ4n) is 2.14. The largest absolute Gasteiger partial charge is 0.354 e. The summed E-state index contributed by atoms with van der Waals surface area (Å²) in [5.74, 6) is 0.513. The van der Waals surface area contributed by atoms with Gasteiger partial charge in [0, 0.05) is 17.5 Å². The summed E-state index contributed by atoms with van der Waals surface area (Å²) in [6, 6.07) is 12.0. The Balaban J connectivity index is 1.83. The minimum atomic E-state index is -0.180. The zero-order chi connectivity index (χ0) is 16.1. The first-order valence-electron chi connectivity index (χ1n) is 7.32. The zero-order valence-electron chi connectivity index (χ0n) is 12.8. The van der Waals surface area contributed by atoms with E-state index in [1.54, 1.807) is 11.3 Å². The minimum Gasteiger partial charge on any atom is -0.354 e. The van der Waals surface area contributed by atoms with Gasteiger partial charge in [0.25, 0.3) is 0 Å². The number of nitrogens with two attached hydrogens (primary N) is 1. The Morgan fingerprint density at radius 3 is 2.36 bits per heavy atom. The van der Waals surface area contributed by atoms with Crippen molar-refractivity contribution in [3.8, 4) is 0 Å². The summed E-state index contributed by atoms with van der Waals surface area (Å²) in [6.07, 6.45) is 0.398. The fraction of sp³-hybridized carbons (Fsp3) is 0.353. The van der Waals surface area contributed by atoms with Crippen LogP contribution in [-0.4, -0.2) is 12.5 Å². The van der Waals surface area contributed by atoms with Crippen molar-refractivity contribution in [1.82, 2.24) is 5.32 Å². The Bertz CT molecular complexity index is 622. The zero-order valence-corrected chi connectivity index (χ0v) is 15.2. The molecule has 1 amide bonds. The van der Waals surface area contributed by atoms with Gasteiger partial charge in [-0.3, -0.25) is 4.79 Å². The topological polar surface area (TPSA) is 55.1 Å². The number of rotatable bonds is 6. The van der Waals surface area contributed by atoms with Crippen LogP contribution in [0.5, 0.6) is 0 Å². The molecule has 1 atom stereocenters. The molecule has 0 saturated heterocycles. The van der Waals surface area contributed by atoms with Gasteiger partial charge in [-0.25, -0.2) is 0 Å². The second kappa shape index (κ2) is 7.90. The molecule has 0 fully saturated rings. The molecule has 2 aromatic rings. The van der Waals surface area contributed by atoms with Crippen LogP contribution in [0.15, 0.2) is 40.2 Å². The van der Waals surface area contributed by atoms with E-state index in [0.29, 0.717) is 18.9 Å². The summed E-state index contributed by atoms with van der Waals surface area (Å²) in [4.78, 5) is 13.0. The van der Waals surface area contributed by atoms with Crippen LogP contribution in [0.2, 0.25) is 0 Å². The van der Waals surface area contributed by atoms with E-state index in [4.69, 9.17) is 5.73 Å². The van der Waals surface area contributed by atoms with E-state index in [2.05, 4.69) is 47.2 Å². The fourth-order valence-corrected chi connectivity index (χ4v) is 3.62. The van der Waals surface area contributed by atoms with Crippen LogP contribution in [0.25, 0.3) is 0 Å². The molecule has 0 radical (unpaired) electrons. The summed E-state index contributed by atoms with van der Waals surface area (Å²) in [5.41, 5.74) is 8.49. The molecule has 3 N–H and O–H groups in total. The van der Waals surface area contributed by atoms with Crippen molar-refractivity contribution >= 4 is 33.2 Å². The van der Waals surface area contributed by atoms with Gasteiger partial charge in [0.15, 0.2) is 0 Å². The van der Waals surface area contributed by atoms with E-state index in [0.717, 1.165) is 14.2 Å². The molecule has 118 valence electrons. The number of hydrogen-bond donors (Lipinski definition) is 2. The Morgan fingerprint density at radius 1 is 1.18 bits per heavy atom. The predicted octanol–water partition coefficient (Wildman–Crippen LogP) is 3.99. The van der Waals surface area contributed by atoms with Crippen LogP contribution in [0.1, 0.15) is 41.8 Å². The second-order valence-corrected chi connectivity index (χ2v) is 8.16. The molecule has 0 aliphatic heterocycles. The summed E-state index contributed by atoms with van der Waals surface area (Å²) in [6.45, 7) is 4.78. The molecule has 1 unspecified atom stereocenters. The Morgan fingerprint density at radius 2 is 1.82 bits per heavy atom. The van der Waals surface area contributed by atoms with Crippen LogP contribution < -0.4 is 11.1 Å². The summed E-state index contributed by atoms with van der Waals surface area (Å²) < 4.78 is 1.04. The van der Waals surface area contributed by atoms with E-state index in [-0.39, 0.29) is 11.9 Å². The average molecular weight is 381 g/mol. The molecule has 1 aromatic heterocycles. The highest BCUT2D eigenvalue weighted by Crippen LogP contribution is 2.22. The average Bonchev–Trinajstić information content (AvgIpc) is 2.90. The van der Waals surface area contributed by atoms with Crippen molar-refractivity contribution in [2.75, 3.05) is 6.54 Å². The molecule has 22 heavy (non-hydrogen) atoms. The SMILES string of the molecule is CC(C)c1ccc(C(N)CNC(=O)Cc2ccc(Br)s2)cc1. The minimum absolute atomic E-state index is 0.00333. The van der Waals surface area contributed by atoms with Crippen LogP contribution in [0, 0.1) is 0 Å². The number of thiophene rings is 1. The van der Waals surface area contributed by atoms with Crippen molar-refractivity contribution in [2.24, 2.45) is 5.73 Å². The molecule has 1 aromatic carbocycles. The highest BCUT2D eigenvalue weighted by atomic mass is 79.9. The third kappa shape index (κ3) is 4.93. The lowest BCUT2D eigenvalue weighted by Gasteiger charge is -2.14. The van der Waals surface area contributed by atoms with E-state index in [1.807, 2.05) is 24.3 Å². The van der Waals surface area contributed by atoms with Crippen molar-refractivity contribution in [3.05, 3.63) is 56.2 Å². The lowest BCUT2D eigenvalue weighted by Crippen LogP contribution is -2.32. The van der Waals surface area contributed by atoms with Crippen LogP contribution in [-0.2, 0) is 11.2 Å². The van der Waals surface area contributed by atoms with Crippen LogP contribution >= 0.6 is 27.3 Å². The number of hydrogen-bond acceptors (Lipinski definition) is 3. The monoisotopic (exact) mass is 380 g/mol. The lowest BCUT2D eigenvalue weighted by atomic mass is 9.99. The maximum absolute atomic E-state index is 11.9. The molecular weight excluding hydrogens is 360 g/mol. The van der Waals surface area contributed by atoms with Gasteiger partial charge in [-0.2, -0.15) is 0 Å². The Kier molecular flexibility index (Phi) is 6.17. The molecular formula is C17H21BrN2OS. The van der Waals surface area contributed by atoms with Gasteiger partial charge in [0.05, 0.1) is 10.2 Å².